The molecular weight excluding hydrogens is 354 g/mol. The topological polar surface area (TPSA) is 95.5 Å². The molecule has 1 aliphatic rings. The number of amides is 2. The molecule has 2 heterocycles. The number of sulfone groups is 1. The second kappa shape index (κ2) is 7.69. The summed E-state index contributed by atoms with van der Waals surface area (Å²) in [6, 6.07) is 7.74. The Hall–Kier alpha value is -2.68. The summed E-state index contributed by atoms with van der Waals surface area (Å²) < 4.78 is 23.0. The van der Waals surface area contributed by atoms with E-state index in [2.05, 4.69) is 20.2 Å². The van der Waals surface area contributed by atoms with Crippen LogP contribution >= 0.6 is 0 Å². The van der Waals surface area contributed by atoms with Crippen LogP contribution in [0.25, 0.3) is 0 Å². The molecular formula is C17H21N5O3S. The van der Waals surface area contributed by atoms with Crippen molar-refractivity contribution in [3.63, 3.8) is 0 Å². The normalized spacial score (nSPS) is 15.4. The van der Waals surface area contributed by atoms with Crippen molar-refractivity contribution in [2.75, 3.05) is 42.7 Å². The minimum absolute atomic E-state index is 0.201. The van der Waals surface area contributed by atoms with Crippen LogP contribution in [0.4, 0.5) is 16.4 Å². The van der Waals surface area contributed by atoms with Crippen molar-refractivity contribution in [2.45, 2.75) is 11.3 Å². The fraction of sp³-hybridized carbons (Fsp3) is 0.353. The van der Waals surface area contributed by atoms with Gasteiger partial charge in [-0.2, -0.15) is 0 Å². The summed E-state index contributed by atoms with van der Waals surface area (Å²) in [5.41, 5.74) is 0.565. The number of urea groups is 1. The van der Waals surface area contributed by atoms with Gasteiger partial charge in [-0.3, -0.25) is 0 Å². The van der Waals surface area contributed by atoms with Crippen LogP contribution < -0.4 is 10.2 Å². The second-order valence-corrected chi connectivity index (χ2v) is 8.12. The molecule has 0 unspecified atom stereocenters. The molecule has 3 rings (SSSR count). The quantitative estimate of drug-likeness (QED) is 0.876. The van der Waals surface area contributed by atoms with Gasteiger partial charge < -0.3 is 15.1 Å². The summed E-state index contributed by atoms with van der Waals surface area (Å²) in [6.07, 6.45) is 5.38. The summed E-state index contributed by atoms with van der Waals surface area (Å²) in [5, 5.41) is 2.82. The zero-order valence-electron chi connectivity index (χ0n) is 14.5. The number of carbonyl (C=O) groups is 1. The van der Waals surface area contributed by atoms with Gasteiger partial charge >= 0.3 is 6.03 Å². The Kier molecular flexibility index (Phi) is 5.36. The van der Waals surface area contributed by atoms with E-state index in [4.69, 9.17) is 0 Å². The number of aromatic nitrogens is 2. The smallest absolute Gasteiger partial charge is 0.321 e. The molecule has 0 radical (unpaired) electrons. The number of carbonyl (C=O) groups excluding carboxylic acids is 1. The maximum absolute atomic E-state index is 12.5. The Labute approximate surface area is 152 Å². The zero-order chi connectivity index (χ0) is 18.6. The maximum Gasteiger partial charge on any atom is 0.321 e. The minimum Gasteiger partial charge on any atom is -0.339 e. The Morgan fingerprint density at radius 2 is 1.73 bits per heavy atom. The highest BCUT2D eigenvalue weighted by Gasteiger charge is 2.20. The van der Waals surface area contributed by atoms with Gasteiger partial charge in [0.2, 0.25) is 5.95 Å². The summed E-state index contributed by atoms with van der Waals surface area (Å²) in [4.78, 5) is 25.0. The molecule has 138 valence electrons. The molecule has 9 heteroatoms. The van der Waals surface area contributed by atoms with Crippen molar-refractivity contribution >= 4 is 27.5 Å². The number of rotatable bonds is 3. The SMILES string of the molecule is CS(=O)(=O)c1ccc(NC(=O)N2CCCN(c3ncccn3)CC2)cc1. The summed E-state index contributed by atoms with van der Waals surface area (Å²) in [5.74, 6) is 0.672. The molecule has 1 aromatic heterocycles. The molecule has 0 aliphatic carbocycles. The number of hydrogen-bond acceptors (Lipinski definition) is 6. The summed E-state index contributed by atoms with van der Waals surface area (Å²) >= 11 is 0. The molecule has 8 nitrogen and oxygen atoms in total. The first-order chi connectivity index (χ1) is 12.4. The third kappa shape index (κ3) is 4.48. The van der Waals surface area contributed by atoms with Crippen molar-refractivity contribution in [3.8, 4) is 0 Å². The lowest BCUT2D eigenvalue weighted by Crippen LogP contribution is -2.38. The molecule has 1 aliphatic heterocycles. The van der Waals surface area contributed by atoms with Gasteiger partial charge in [0.1, 0.15) is 0 Å². The number of anilines is 2. The molecule has 0 saturated carbocycles. The van der Waals surface area contributed by atoms with E-state index >= 15 is 0 Å². The van der Waals surface area contributed by atoms with Gasteiger partial charge in [0.25, 0.3) is 0 Å². The van der Waals surface area contributed by atoms with Crippen LogP contribution in [-0.2, 0) is 9.84 Å². The lowest BCUT2D eigenvalue weighted by atomic mass is 10.3. The molecule has 26 heavy (non-hydrogen) atoms. The van der Waals surface area contributed by atoms with Crippen LogP contribution in [-0.4, -0.2) is 61.8 Å². The van der Waals surface area contributed by atoms with Crippen LogP contribution in [0, 0.1) is 0 Å². The first-order valence-corrected chi connectivity index (χ1v) is 10.2. The van der Waals surface area contributed by atoms with Gasteiger partial charge in [0.05, 0.1) is 4.90 Å². The standard InChI is InChI=1S/C17H21N5O3S/c1-26(24,25)15-6-4-14(5-7-15)20-17(23)22-11-3-10-21(12-13-22)16-18-8-2-9-19-16/h2,4-9H,3,10-13H2,1H3,(H,20,23). The van der Waals surface area contributed by atoms with Crippen LogP contribution in [0.15, 0.2) is 47.6 Å². The molecule has 1 N–H and O–H groups in total. The average Bonchev–Trinajstić information content (AvgIpc) is 2.88. The third-order valence-electron chi connectivity index (χ3n) is 4.15. The van der Waals surface area contributed by atoms with E-state index in [-0.39, 0.29) is 10.9 Å². The van der Waals surface area contributed by atoms with E-state index in [0.29, 0.717) is 31.3 Å². The van der Waals surface area contributed by atoms with E-state index in [1.165, 1.54) is 12.1 Å². The first kappa shape index (κ1) is 18.1. The second-order valence-electron chi connectivity index (χ2n) is 6.10. The molecule has 0 atom stereocenters. The van der Waals surface area contributed by atoms with Crippen LogP contribution in [0.5, 0.6) is 0 Å². The van der Waals surface area contributed by atoms with Gasteiger partial charge in [-0.05, 0) is 36.8 Å². The summed E-state index contributed by atoms with van der Waals surface area (Å²) in [6.45, 7) is 2.64. The van der Waals surface area contributed by atoms with E-state index in [1.807, 2.05) is 0 Å². The van der Waals surface area contributed by atoms with Gasteiger partial charge in [-0.1, -0.05) is 0 Å². The van der Waals surface area contributed by atoms with E-state index in [0.717, 1.165) is 19.2 Å². The minimum atomic E-state index is -3.25. The lowest BCUT2D eigenvalue weighted by Gasteiger charge is -2.22. The number of benzene rings is 1. The largest absolute Gasteiger partial charge is 0.339 e. The first-order valence-electron chi connectivity index (χ1n) is 8.31. The average molecular weight is 375 g/mol. The van der Waals surface area contributed by atoms with Gasteiger partial charge in [-0.25, -0.2) is 23.2 Å². The van der Waals surface area contributed by atoms with Crippen molar-refractivity contribution in [3.05, 3.63) is 42.7 Å². The number of nitrogens with zero attached hydrogens (tertiary/aromatic N) is 4. The Morgan fingerprint density at radius 1 is 1.04 bits per heavy atom. The Bertz CT molecular complexity index is 856. The number of hydrogen-bond donors (Lipinski definition) is 1. The van der Waals surface area contributed by atoms with Crippen LogP contribution in [0.3, 0.4) is 0 Å². The lowest BCUT2D eigenvalue weighted by molar-refractivity contribution is 0.215. The fourth-order valence-corrected chi connectivity index (χ4v) is 3.39. The highest BCUT2D eigenvalue weighted by atomic mass is 32.2. The zero-order valence-corrected chi connectivity index (χ0v) is 15.3. The molecule has 1 aromatic carbocycles. The molecule has 0 bridgehead atoms. The van der Waals surface area contributed by atoms with Gasteiger partial charge in [0.15, 0.2) is 9.84 Å². The van der Waals surface area contributed by atoms with Crippen molar-refractivity contribution in [1.29, 1.82) is 0 Å². The predicted octanol–water partition coefficient (Wildman–Crippen LogP) is 1.62. The maximum atomic E-state index is 12.5. The molecule has 1 fully saturated rings. The predicted molar refractivity (Wildman–Crippen MR) is 99.0 cm³/mol. The highest BCUT2D eigenvalue weighted by Crippen LogP contribution is 2.15. The van der Waals surface area contributed by atoms with Crippen molar-refractivity contribution in [1.82, 2.24) is 14.9 Å². The van der Waals surface area contributed by atoms with E-state index in [1.54, 1.807) is 35.5 Å². The van der Waals surface area contributed by atoms with E-state index in [9.17, 15) is 13.2 Å². The van der Waals surface area contributed by atoms with Crippen LogP contribution in [0.2, 0.25) is 0 Å². The Balaban J connectivity index is 1.60. The molecule has 2 aromatic rings. The fourth-order valence-electron chi connectivity index (χ4n) is 2.76. The molecule has 2 amide bonds. The van der Waals surface area contributed by atoms with Crippen molar-refractivity contribution in [2.24, 2.45) is 0 Å². The monoisotopic (exact) mass is 375 g/mol. The van der Waals surface area contributed by atoms with Gasteiger partial charge in [0, 0.05) is 50.5 Å². The van der Waals surface area contributed by atoms with Crippen molar-refractivity contribution < 1.29 is 13.2 Å². The summed E-state index contributed by atoms with van der Waals surface area (Å²) in [7, 11) is -3.25. The van der Waals surface area contributed by atoms with E-state index < -0.39 is 9.84 Å². The molecule has 0 spiro atoms. The third-order valence-corrected chi connectivity index (χ3v) is 5.28. The van der Waals surface area contributed by atoms with Crippen LogP contribution in [0.1, 0.15) is 6.42 Å². The number of nitrogens with one attached hydrogen (secondary N) is 1. The van der Waals surface area contributed by atoms with Gasteiger partial charge in [-0.15, -0.1) is 0 Å². The Morgan fingerprint density at radius 3 is 2.38 bits per heavy atom. The molecule has 1 saturated heterocycles. The highest BCUT2D eigenvalue weighted by molar-refractivity contribution is 7.90.